The molecule has 1 saturated heterocycles. The number of ether oxygens (including phenoxy) is 4. The number of carbonyl (C=O) groups is 1. The number of methoxy groups -OCH3 is 3. The molecule has 2 aromatic rings. The summed E-state index contributed by atoms with van der Waals surface area (Å²) in [6, 6.07) is 11.0. The van der Waals surface area contributed by atoms with E-state index in [1.165, 1.54) is 0 Å². The zero-order chi connectivity index (χ0) is 26.0. The molecule has 2 aromatic carbocycles. The Balaban J connectivity index is 1.82. The molecule has 3 atom stereocenters. The van der Waals surface area contributed by atoms with Crippen LogP contribution in [-0.2, 0) is 16.0 Å². The van der Waals surface area contributed by atoms with Gasteiger partial charge in [-0.15, -0.1) is 0 Å². The van der Waals surface area contributed by atoms with Gasteiger partial charge < -0.3 is 28.5 Å². The topological polar surface area (TPSA) is 83.5 Å². The van der Waals surface area contributed by atoms with Gasteiger partial charge >= 0.3 is 5.97 Å². The van der Waals surface area contributed by atoms with E-state index in [9.17, 15) is 9.90 Å². The van der Waals surface area contributed by atoms with Crippen molar-refractivity contribution < 1.29 is 33.3 Å². The standard InChI is InChI=1S/C27H38O7Si/c1-27(2,3)35(7,8)34-22-11-9-17(14-23(22)31-5)13-19-20(16-33-26(19)29)25(28)18-10-12-21(30-4)24(15-18)32-6/h9-12,14-15,19-20,25,28H,13,16H2,1-8H3/t19-,20+,25-/m1/s1. The molecule has 3 rings (SSSR count). The van der Waals surface area contributed by atoms with E-state index in [1.807, 2.05) is 18.2 Å². The van der Waals surface area contributed by atoms with Crippen LogP contribution in [0.1, 0.15) is 38.0 Å². The predicted octanol–water partition coefficient (Wildman–Crippen LogP) is 5.16. The summed E-state index contributed by atoms with van der Waals surface area (Å²) in [7, 11) is 2.68. The molecule has 1 aliphatic rings. The van der Waals surface area contributed by atoms with Gasteiger partial charge in [-0.2, -0.15) is 0 Å². The third kappa shape index (κ3) is 5.75. The number of aliphatic hydroxyl groups excluding tert-OH is 1. The lowest BCUT2D eigenvalue weighted by molar-refractivity contribution is -0.141. The van der Waals surface area contributed by atoms with E-state index in [4.69, 9.17) is 23.4 Å². The van der Waals surface area contributed by atoms with Gasteiger partial charge in [0.05, 0.1) is 40.0 Å². The molecule has 0 aliphatic carbocycles. The molecular formula is C27H38O7Si. The lowest BCUT2D eigenvalue weighted by Gasteiger charge is -2.36. The fourth-order valence-electron chi connectivity index (χ4n) is 4.01. The van der Waals surface area contributed by atoms with Crippen LogP contribution in [0, 0.1) is 11.8 Å². The molecule has 0 amide bonds. The van der Waals surface area contributed by atoms with Crippen LogP contribution in [0.5, 0.6) is 23.0 Å². The molecule has 1 N–H and O–H groups in total. The number of aliphatic hydroxyl groups is 1. The van der Waals surface area contributed by atoms with Crippen molar-refractivity contribution in [2.24, 2.45) is 11.8 Å². The number of rotatable bonds is 9. The maximum Gasteiger partial charge on any atom is 0.309 e. The minimum Gasteiger partial charge on any atom is -0.541 e. The first-order valence-electron chi connectivity index (χ1n) is 11.8. The van der Waals surface area contributed by atoms with Crippen LogP contribution in [-0.4, -0.2) is 47.3 Å². The van der Waals surface area contributed by atoms with Crippen LogP contribution in [0.2, 0.25) is 18.1 Å². The molecule has 0 unspecified atom stereocenters. The Morgan fingerprint density at radius 2 is 1.57 bits per heavy atom. The number of cyclic esters (lactones) is 1. The van der Waals surface area contributed by atoms with Gasteiger partial charge in [0.25, 0.3) is 8.32 Å². The second kappa shape index (κ2) is 10.5. The van der Waals surface area contributed by atoms with Crippen molar-refractivity contribution in [1.82, 2.24) is 0 Å². The second-order valence-corrected chi connectivity index (χ2v) is 15.2. The van der Waals surface area contributed by atoms with E-state index < -0.39 is 26.3 Å². The smallest absolute Gasteiger partial charge is 0.309 e. The lowest BCUT2D eigenvalue weighted by atomic mass is 9.83. The Bertz CT molecular complexity index is 1040. The van der Waals surface area contributed by atoms with Gasteiger partial charge in [-0.05, 0) is 59.9 Å². The molecule has 8 heteroatoms. The average molecular weight is 503 g/mol. The van der Waals surface area contributed by atoms with Gasteiger partial charge in [0.1, 0.15) is 5.75 Å². The van der Waals surface area contributed by atoms with Crippen LogP contribution >= 0.6 is 0 Å². The number of hydrogen-bond donors (Lipinski definition) is 1. The molecule has 35 heavy (non-hydrogen) atoms. The van der Waals surface area contributed by atoms with Crippen molar-refractivity contribution in [1.29, 1.82) is 0 Å². The summed E-state index contributed by atoms with van der Waals surface area (Å²) in [5, 5.41) is 11.2. The minimum atomic E-state index is -2.04. The van der Waals surface area contributed by atoms with Gasteiger partial charge in [-0.1, -0.05) is 32.9 Å². The number of esters is 1. The molecule has 0 radical (unpaired) electrons. The van der Waals surface area contributed by atoms with E-state index >= 15 is 0 Å². The van der Waals surface area contributed by atoms with Crippen LogP contribution < -0.4 is 18.6 Å². The highest BCUT2D eigenvalue weighted by Crippen LogP contribution is 2.42. The number of hydrogen-bond acceptors (Lipinski definition) is 7. The SMILES string of the molecule is COc1ccc([C@@H](O)[C@H]2COC(=O)[C@@H]2Cc2ccc(O[Si](C)(C)C(C)(C)C)c(OC)c2)cc1OC. The summed E-state index contributed by atoms with van der Waals surface area (Å²) in [6.45, 7) is 11.1. The molecule has 0 spiro atoms. The largest absolute Gasteiger partial charge is 0.541 e. The van der Waals surface area contributed by atoms with E-state index in [0.717, 1.165) is 5.56 Å². The quantitative estimate of drug-likeness (QED) is 0.374. The Morgan fingerprint density at radius 3 is 2.17 bits per heavy atom. The highest BCUT2D eigenvalue weighted by Gasteiger charge is 2.42. The zero-order valence-electron chi connectivity index (χ0n) is 22.0. The van der Waals surface area contributed by atoms with Gasteiger partial charge in [0.2, 0.25) is 0 Å². The molecular weight excluding hydrogens is 464 g/mol. The van der Waals surface area contributed by atoms with Crippen molar-refractivity contribution in [2.75, 3.05) is 27.9 Å². The summed E-state index contributed by atoms with van der Waals surface area (Å²) >= 11 is 0. The molecule has 7 nitrogen and oxygen atoms in total. The first kappa shape index (κ1) is 26.9. The average Bonchev–Trinajstić information content (AvgIpc) is 3.17. The van der Waals surface area contributed by atoms with Crippen LogP contribution in [0.15, 0.2) is 36.4 Å². The molecule has 0 saturated carbocycles. The van der Waals surface area contributed by atoms with Crippen LogP contribution in [0.3, 0.4) is 0 Å². The summed E-state index contributed by atoms with van der Waals surface area (Å²) < 4.78 is 28.1. The molecule has 0 aromatic heterocycles. The second-order valence-electron chi connectivity index (χ2n) is 10.5. The van der Waals surface area contributed by atoms with Crippen molar-refractivity contribution in [2.45, 2.75) is 51.4 Å². The third-order valence-corrected chi connectivity index (χ3v) is 11.6. The monoisotopic (exact) mass is 502 g/mol. The van der Waals surface area contributed by atoms with Crippen molar-refractivity contribution in [3.05, 3.63) is 47.5 Å². The zero-order valence-corrected chi connectivity index (χ0v) is 23.0. The molecule has 1 heterocycles. The predicted molar refractivity (Wildman–Crippen MR) is 137 cm³/mol. The first-order valence-corrected chi connectivity index (χ1v) is 14.7. The Kier molecular flexibility index (Phi) is 8.06. The minimum absolute atomic E-state index is 0.0534. The Hall–Kier alpha value is -2.71. The van der Waals surface area contributed by atoms with Gasteiger partial charge in [-0.25, -0.2) is 0 Å². The van der Waals surface area contributed by atoms with Gasteiger partial charge in [0.15, 0.2) is 17.2 Å². The third-order valence-electron chi connectivity index (χ3n) is 7.25. The molecule has 1 aliphatic heterocycles. The Labute approximate surface area is 209 Å². The molecule has 1 fully saturated rings. The van der Waals surface area contributed by atoms with Crippen LogP contribution in [0.4, 0.5) is 0 Å². The Morgan fingerprint density at radius 1 is 0.971 bits per heavy atom. The summed E-state index contributed by atoms with van der Waals surface area (Å²) in [6.07, 6.45) is -0.473. The van der Waals surface area contributed by atoms with Crippen molar-refractivity contribution >= 4 is 14.3 Å². The highest BCUT2D eigenvalue weighted by atomic mass is 28.4. The number of carbonyl (C=O) groups excluding carboxylic acids is 1. The van der Waals surface area contributed by atoms with Crippen LogP contribution in [0.25, 0.3) is 0 Å². The van der Waals surface area contributed by atoms with Gasteiger partial charge in [0, 0.05) is 5.92 Å². The normalized spacial score (nSPS) is 19.2. The molecule has 192 valence electrons. The summed E-state index contributed by atoms with van der Waals surface area (Å²) in [5.74, 6) is 1.24. The molecule has 0 bridgehead atoms. The van der Waals surface area contributed by atoms with E-state index in [-0.39, 0.29) is 17.6 Å². The van der Waals surface area contributed by atoms with Gasteiger partial charge in [-0.3, -0.25) is 4.79 Å². The maximum atomic E-state index is 12.6. The maximum absolute atomic E-state index is 12.6. The van der Waals surface area contributed by atoms with E-state index in [0.29, 0.717) is 35.0 Å². The lowest BCUT2D eigenvalue weighted by Crippen LogP contribution is -2.43. The fourth-order valence-corrected chi connectivity index (χ4v) is 5.04. The highest BCUT2D eigenvalue weighted by molar-refractivity contribution is 6.74. The van der Waals surface area contributed by atoms with Crippen molar-refractivity contribution in [3.63, 3.8) is 0 Å². The van der Waals surface area contributed by atoms with Crippen molar-refractivity contribution in [3.8, 4) is 23.0 Å². The fraction of sp³-hybridized carbons (Fsp3) is 0.519. The number of benzene rings is 2. The summed E-state index contributed by atoms with van der Waals surface area (Å²) in [5.41, 5.74) is 1.56. The van der Waals surface area contributed by atoms with E-state index in [1.54, 1.807) is 39.5 Å². The summed E-state index contributed by atoms with van der Waals surface area (Å²) in [4.78, 5) is 12.6. The van der Waals surface area contributed by atoms with E-state index in [2.05, 4.69) is 33.9 Å². The first-order chi connectivity index (χ1) is 16.4.